The predicted molar refractivity (Wildman–Crippen MR) is 130 cm³/mol. The van der Waals surface area contributed by atoms with Gasteiger partial charge in [-0.05, 0) is 41.2 Å². The van der Waals surface area contributed by atoms with Crippen LogP contribution in [0.25, 0.3) is 11.0 Å². The van der Waals surface area contributed by atoms with Gasteiger partial charge < -0.3 is 4.42 Å². The zero-order chi connectivity index (χ0) is 24.1. The number of amides is 1. The molecule has 0 N–H and O–H groups in total. The molecule has 4 aromatic rings. The summed E-state index contributed by atoms with van der Waals surface area (Å²) in [6.07, 6.45) is 0.737. The largest absolute Gasteiger partial charge is 0.450 e. The van der Waals surface area contributed by atoms with E-state index in [9.17, 15) is 14.0 Å². The third kappa shape index (κ3) is 3.72. The molecule has 6 nitrogen and oxygen atoms in total. The van der Waals surface area contributed by atoms with Crippen LogP contribution in [-0.2, 0) is 6.42 Å². The Morgan fingerprint density at radius 1 is 1.06 bits per heavy atom. The normalized spacial score (nSPS) is 15.7. The molecule has 1 aliphatic heterocycles. The lowest BCUT2D eigenvalue weighted by Gasteiger charge is -2.22. The van der Waals surface area contributed by atoms with Gasteiger partial charge in [0.2, 0.25) is 10.9 Å². The van der Waals surface area contributed by atoms with Crippen molar-refractivity contribution >= 4 is 33.3 Å². The SMILES string of the molecule is CC(C)Cc1nnc(N2C(=O)c3oc4ccc(F)cc4c(=O)c3[C@@H]2c2ccc(C(C)C)cc2)s1. The van der Waals surface area contributed by atoms with E-state index < -0.39 is 23.2 Å². The smallest absolute Gasteiger partial charge is 0.297 e. The standard InChI is InChI=1S/C26H24FN3O3S/c1-13(2)11-20-28-29-26(34-20)30-22(16-7-5-15(6-8-16)14(3)4)21-23(31)18-12-17(27)9-10-19(18)33-24(21)25(30)32/h5-10,12-14,22H,11H2,1-4H3/t22-/m0/s1. The van der Waals surface area contributed by atoms with E-state index in [-0.39, 0.29) is 22.3 Å². The molecule has 0 saturated carbocycles. The Hall–Kier alpha value is -3.39. The second-order valence-electron chi connectivity index (χ2n) is 9.29. The van der Waals surface area contributed by atoms with E-state index >= 15 is 0 Å². The highest BCUT2D eigenvalue weighted by Crippen LogP contribution is 2.42. The summed E-state index contributed by atoms with van der Waals surface area (Å²) in [5.41, 5.74) is 1.84. The van der Waals surface area contributed by atoms with Crippen molar-refractivity contribution in [1.29, 1.82) is 0 Å². The van der Waals surface area contributed by atoms with E-state index in [0.29, 0.717) is 17.0 Å². The van der Waals surface area contributed by atoms with Crippen molar-refractivity contribution < 1.29 is 13.6 Å². The number of benzene rings is 2. The topological polar surface area (TPSA) is 76.3 Å². The lowest BCUT2D eigenvalue weighted by molar-refractivity contribution is 0.0970. The highest BCUT2D eigenvalue weighted by molar-refractivity contribution is 7.15. The van der Waals surface area contributed by atoms with Gasteiger partial charge in [-0.2, -0.15) is 0 Å². The molecule has 0 unspecified atom stereocenters. The van der Waals surface area contributed by atoms with Gasteiger partial charge >= 0.3 is 0 Å². The Morgan fingerprint density at radius 2 is 1.79 bits per heavy atom. The van der Waals surface area contributed by atoms with Gasteiger partial charge in [0.05, 0.1) is 17.0 Å². The molecule has 2 aromatic carbocycles. The lowest BCUT2D eigenvalue weighted by Crippen LogP contribution is -2.29. The molecule has 1 amide bonds. The second-order valence-corrected chi connectivity index (χ2v) is 10.3. The Balaban J connectivity index is 1.72. The zero-order valence-electron chi connectivity index (χ0n) is 19.3. The number of carbonyl (C=O) groups is 1. The third-order valence-electron chi connectivity index (χ3n) is 6.00. The van der Waals surface area contributed by atoms with E-state index in [4.69, 9.17) is 4.42 Å². The van der Waals surface area contributed by atoms with Gasteiger partial charge in [-0.15, -0.1) is 10.2 Å². The number of hydrogen-bond donors (Lipinski definition) is 0. The lowest BCUT2D eigenvalue weighted by atomic mass is 9.95. The van der Waals surface area contributed by atoms with Gasteiger partial charge in [0.15, 0.2) is 5.43 Å². The average Bonchev–Trinajstić information content (AvgIpc) is 3.36. The van der Waals surface area contributed by atoms with E-state index in [1.807, 2.05) is 24.3 Å². The van der Waals surface area contributed by atoms with Crippen LogP contribution in [0.5, 0.6) is 0 Å². The van der Waals surface area contributed by atoms with Crippen molar-refractivity contribution in [2.24, 2.45) is 5.92 Å². The summed E-state index contributed by atoms with van der Waals surface area (Å²) >= 11 is 1.33. The van der Waals surface area contributed by atoms with E-state index in [0.717, 1.165) is 28.6 Å². The summed E-state index contributed by atoms with van der Waals surface area (Å²) < 4.78 is 19.8. The molecule has 1 aliphatic rings. The zero-order valence-corrected chi connectivity index (χ0v) is 20.1. The van der Waals surface area contributed by atoms with Gasteiger partial charge in [-0.1, -0.05) is 63.3 Å². The highest BCUT2D eigenvalue weighted by atomic mass is 32.1. The highest BCUT2D eigenvalue weighted by Gasteiger charge is 2.45. The van der Waals surface area contributed by atoms with E-state index in [2.05, 4.69) is 37.9 Å². The number of anilines is 1. The molecular weight excluding hydrogens is 453 g/mol. The number of halogens is 1. The molecule has 0 spiro atoms. The van der Waals surface area contributed by atoms with Gasteiger partial charge in [0.25, 0.3) is 5.91 Å². The number of fused-ring (bicyclic) bond motifs is 2. The summed E-state index contributed by atoms with van der Waals surface area (Å²) in [7, 11) is 0. The number of nitrogens with zero attached hydrogens (tertiary/aromatic N) is 3. The van der Waals surface area contributed by atoms with Gasteiger partial charge in [-0.3, -0.25) is 14.5 Å². The van der Waals surface area contributed by atoms with Crippen LogP contribution >= 0.6 is 11.3 Å². The molecule has 1 atom stereocenters. The Bertz CT molecular complexity index is 1460. The summed E-state index contributed by atoms with van der Waals surface area (Å²) in [6.45, 7) is 8.37. The maximum atomic E-state index is 14.0. The van der Waals surface area contributed by atoms with Crippen molar-refractivity contribution in [2.45, 2.75) is 46.1 Å². The van der Waals surface area contributed by atoms with Crippen molar-refractivity contribution in [2.75, 3.05) is 4.90 Å². The van der Waals surface area contributed by atoms with Crippen LogP contribution in [0.3, 0.4) is 0 Å². The predicted octanol–water partition coefficient (Wildman–Crippen LogP) is 5.86. The van der Waals surface area contributed by atoms with Crippen LogP contribution < -0.4 is 10.3 Å². The minimum absolute atomic E-state index is 0.0392. The average molecular weight is 478 g/mol. The molecular formula is C26H24FN3O3S. The number of aromatic nitrogens is 2. The minimum Gasteiger partial charge on any atom is -0.450 e. The summed E-state index contributed by atoms with van der Waals surface area (Å²) in [6, 6.07) is 10.8. The molecule has 34 heavy (non-hydrogen) atoms. The second kappa shape index (κ2) is 8.43. The van der Waals surface area contributed by atoms with Gasteiger partial charge in [-0.25, -0.2) is 4.39 Å². The Morgan fingerprint density at radius 3 is 2.47 bits per heavy atom. The molecule has 0 radical (unpaired) electrons. The van der Waals surface area contributed by atoms with Crippen LogP contribution in [0.4, 0.5) is 9.52 Å². The van der Waals surface area contributed by atoms with Crippen LogP contribution in [0, 0.1) is 11.7 Å². The first-order chi connectivity index (χ1) is 16.2. The summed E-state index contributed by atoms with van der Waals surface area (Å²) in [5.74, 6) is -0.316. The summed E-state index contributed by atoms with van der Waals surface area (Å²) in [5, 5.41) is 9.88. The molecule has 0 saturated heterocycles. The fourth-order valence-electron chi connectivity index (χ4n) is 4.29. The van der Waals surface area contributed by atoms with E-state index in [1.54, 1.807) is 0 Å². The Labute approximate surface area is 200 Å². The van der Waals surface area contributed by atoms with Gasteiger partial charge in [0, 0.05) is 6.42 Å². The van der Waals surface area contributed by atoms with Crippen LogP contribution in [0.2, 0.25) is 0 Å². The fraction of sp³-hybridized carbons (Fsp3) is 0.308. The Kier molecular flexibility index (Phi) is 5.56. The minimum atomic E-state index is -0.743. The molecule has 2 aromatic heterocycles. The maximum absolute atomic E-state index is 14.0. The first-order valence-corrected chi connectivity index (χ1v) is 12.1. The first kappa shape index (κ1) is 22.4. The number of carbonyl (C=O) groups excluding carboxylic acids is 1. The van der Waals surface area contributed by atoms with Crippen molar-refractivity contribution in [1.82, 2.24) is 10.2 Å². The quantitative estimate of drug-likeness (QED) is 0.360. The molecule has 174 valence electrons. The molecule has 8 heteroatoms. The maximum Gasteiger partial charge on any atom is 0.297 e. The first-order valence-electron chi connectivity index (χ1n) is 11.3. The van der Waals surface area contributed by atoms with Crippen molar-refractivity contribution in [3.63, 3.8) is 0 Å². The molecule has 0 aliphatic carbocycles. The van der Waals surface area contributed by atoms with Crippen molar-refractivity contribution in [3.05, 3.63) is 86.0 Å². The molecule has 5 rings (SSSR count). The van der Waals surface area contributed by atoms with E-state index in [1.165, 1.54) is 28.4 Å². The fourth-order valence-corrected chi connectivity index (χ4v) is 5.37. The summed E-state index contributed by atoms with van der Waals surface area (Å²) in [4.78, 5) is 28.7. The monoisotopic (exact) mass is 477 g/mol. The van der Waals surface area contributed by atoms with Crippen LogP contribution in [0.15, 0.2) is 51.7 Å². The van der Waals surface area contributed by atoms with Gasteiger partial charge in [0.1, 0.15) is 16.4 Å². The van der Waals surface area contributed by atoms with Crippen LogP contribution in [-0.4, -0.2) is 16.1 Å². The van der Waals surface area contributed by atoms with Crippen LogP contribution in [0.1, 0.15) is 71.9 Å². The number of rotatable bonds is 5. The molecule has 0 fully saturated rings. The third-order valence-corrected chi connectivity index (χ3v) is 6.94. The van der Waals surface area contributed by atoms with Crippen molar-refractivity contribution in [3.8, 4) is 0 Å². The molecule has 3 heterocycles. The number of hydrogen-bond acceptors (Lipinski definition) is 6. The molecule has 0 bridgehead atoms.